The molecule has 22 heavy (non-hydrogen) atoms. The highest BCUT2D eigenvalue weighted by Crippen LogP contribution is 2.34. The van der Waals surface area contributed by atoms with E-state index in [1.165, 1.54) is 12.3 Å². The fourth-order valence-corrected chi connectivity index (χ4v) is 1.95. The molecule has 1 aromatic carbocycles. The molecule has 0 radical (unpaired) electrons. The van der Waals surface area contributed by atoms with Crippen molar-refractivity contribution in [1.29, 1.82) is 0 Å². The maximum Gasteiger partial charge on any atom is 0.416 e. The topological polar surface area (TPSA) is 55.1 Å². The van der Waals surface area contributed by atoms with E-state index >= 15 is 0 Å². The number of rotatable bonds is 4. The van der Waals surface area contributed by atoms with Gasteiger partial charge in [0.25, 0.3) is 0 Å². The van der Waals surface area contributed by atoms with Crippen LogP contribution in [-0.2, 0) is 11.0 Å². The van der Waals surface area contributed by atoms with Crippen molar-refractivity contribution < 1.29 is 22.4 Å². The van der Waals surface area contributed by atoms with Gasteiger partial charge in [-0.3, -0.25) is 4.79 Å². The minimum atomic E-state index is -4.52. The maximum absolute atomic E-state index is 13.0. The highest BCUT2D eigenvalue weighted by atomic mass is 19.4. The highest BCUT2D eigenvalue weighted by molar-refractivity contribution is 5.91. The normalized spacial score (nSPS) is 11.7. The zero-order valence-electron chi connectivity index (χ0n) is 12.1. The van der Waals surface area contributed by atoms with E-state index in [0.29, 0.717) is 0 Å². The molecule has 0 saturated carbocycles. The molecule has 0 bridgehead atoms. The molecule has 0 atom stereocenters. The van der Waals surface area contributed by atoms with Gasteiger partial charge in [-0.15, -0.1) is 0 Å². The van der Waals surface area contributed by atoms with Crippen LogP contribution in [-0.4, -0.2) is 10.9 Å². The molecule has 118 valence electrons. The summed E-state index contributed by atoms with van der Waals surface area (Å²) in [7, 11) is 0. The summed E-state index contributed by atoms with van der Waals surface area (Å²) in [6.07, 6.45) is -1.84. The third-order valence-corrected chi connectivity index (χ3v) is 2.85. The highest BCUT2D eigenvalue weighted by Gasteiger charge is 2.31. The molecule has 2 rings (SSSR count). The molecule has 1 aromatic heterocycles. The molecule has 2 aromatic rings. The largest absolute Gasteiger partial charge is 0.444 e. The third kappa shape index (κ3) is 4.09. The zero-order valence-corrected chi connectivity index (χ0v) is 12.1. The van der Waals surface area contributed by atoms with E-state index in [0.717, 1.165) is 18.5 Å². The lowest BCUT2D eigenvalue weighted by atomic mass is 10.1. The maximum atomic E-state index is 13.0. The average Bonchev–Trinajstić information content (AvgIpc) is 2.89. The monoisotopic (exact) mass is 312 g/mol. The number of hydrogen-bond acceptors (Lipinski definition) is 3. The quantitative estimate of drug-likeness (QED) is 0.913. The number of halogens is 3. The fourth-order valence-electron chi connectivity index (χ4n) is 1.95. The Bertz CT molecular complexity index is 649. The van der Waals surface area contributed by atoms with Gasteiger partial charge in [0.15, 0.2) is 12.2 Å². The first-order valence-corrected chi connectivity index (χ1v) is 6.66. The molecule has 7 heteroatoms. The van der Waals surface area contributed by atoms with Crippen LogP contribution in [0, 0.1) is 5.92 Å². The predicted octanol–water partition coefficient (Wildman–Crippen LogP) is 4.35. The smallest absolute Gasteiger partial charge is 0.416 e. The molecule has 4 nitrogen and oxygen atoms in total. The first-order valence-electron chi connectivity index (χ1n) is 6.66. The summed E-state index contributed by atoms with van der Waals surface area (Å²) in [6, 6.07) is 3.28. The van der Waals surface area contributed by atoms with E-state index < -0.39 is 11.7 Å². The number of benzene rings is 1. The van der Waals surface area contributed by atoms with Gasteiger partial charge in [0.1, 0.15) is 0 Å². The van der Waals surface area contributed by atoms with Crippen molar-refractivity contribution in [2.75, 3.05) is 5.32 Å². The summed E-state index contributed by atoms with van der Waals surface area (Å²) in [6.45, 7) is 3.71. The van der Waals surface area contributed by atoms with Crippen molar-refractivity contribution in [3.8, 4) is 11.3 Å². The van der Waals surface area contributed by atoms with Gasteiger partial charge in [-0.25, -0.2) is 4.98 Å². The van der Waals surface area contributed by atoms with Crippen LogP contribution in [0.15, 0.2) is 35.2 Å². The van der Waals surface area contributed by atoms with E-state index in [4.69, 9.17) is 4.42 Å². The van der Waals surface area contributed by atoms with Gasteiger partial charge < -0.3 is 9.73 Å². The second kappa shape index (κ2) is 6.21. The molecule has 0 aliphatic carbocycles. The first kappa shape index (κ1) is 16.1. The summed E-state index contributed by atoms with van der Waals surface area (Å²) < 4.78 is 44.0. The van der Waals surface area contributed by atoms with Crippen LogP contribution in [0.3, 0.4) is 0 Å². The number of oxazole rings is 1. The van der Waals surface area contributed by atoms with E-state index in [1.54, 1.807) is 0 Å². The van der Waals surface area contributed by atoms with Gasteiger partial charge in [0, 0.05) is 17.7 Å². The fraction of sp³-hybridized carbons (Fsp3) is 0.333. The molecular weight excluding hydrogens is 297 g/mol. The Morgan fingerprint density at radius 2 is 2.05 bits per heavy atom. The Labute approximate surface area is 125 Å². The van der Waals surface area contributed by atoms with Gasteiger partial charge in [-0.1, -0.05) is 13.8 Å². The van der Waals surface area contributed by atoms with Crippen LogP contribution in [0.25, 0.3) is 11.3 Å². The van der Waals surface area contributed by atoms with Crippen molar-refractivity contribution >= 4 is 11.6 Å². The van der Waals surface area contributed by atoms with Crippen LogP contribution in [0.5, 0.6) is 0 Å². The zero-order chi connectivity index (χ0) is 16.3. The van der Waals surface area contributed by atoms with Crippen molar-refractivity contribution in [2.24, 2.45) is 5.92 Å². The van der Waals surface area contributed by atoms with Crippen LogP contribution in [0.1, 0.15) is 25.8 Å². The predicted molar refractivity (Wildman–Crippen MR) is 75.0 cm³/mol. The summed E-state index contributed by atoms with van der Waals surface area (Å²) in [4.78, 5) is 15.4. The third-order valence-electron chi connectivity index (χ3n) is 2.85. The Hall–Kier alpha value is -2.31. The number of hydrogen-bond donors (Lipinski definition) is 1. The number of carbonyl (C=O) groups is 1. The SMILES string of the molecule is CC(C)CC(=O)Nc1cc(-c2cnco2)cc(C(F)(F)F)c1. The van der Waals surface area contributed by atoms with Gasteiger partial charge >= 0.3 is 6.18 Å². The molecule has 0 aliphatic heterocycles. The molecule has 0 unspecified atom stereocenters. The lowest BCUT2D eigenvalue weighted by Crippen LogP contribution is -2.15. The van der Waals surface area contributed by atoms with Crippen molar-refractivity contribution in [3.05, 3.63) is 36.4 Å². The number of nitrogens with one attached hydrogen (secondary N) is 1. The van der Waals surface area contributed by atoms with Crippen LogP contribution in [0.2, 0.25) is 0 Å². The number of amides is 1. The number of carbonyl (C=O) groups excluding carboxylic acids is 1. The summed E-state index contributed by atoms with van der Waals surface area (Å²) >= 11 is 0. The molecule has 0 saturated heterocycles. The lowest BCUT2D eigenvalue weighted by molar-refractivity contribution is -0.137. The van der Waals surface area contributed by atoms with Gasteiger partial charge in [-0.2, -0.15) is 13.2 Å². The molecule has 0 fully saturated rings. The van der Waals surface area contributed by atoms with Gasteiger partial charge in [0.2, 0.25) is 5.91 Å². The van der Waals surface area contributed by atoms with E-state index in [-0.39, 0.29) is 35.3 Å². The molecular formula is C15H15F3N2O2. The first-order chi connectivity index (χ1) is 10.3. The van der Waals surface area contributed by atoms with Gasteiger partial charge in [-0.05, 0) is 24.1 Å². The standard InChI is InChI=1S/C15H15F3N2O2/c1-9(2)3-14(21)20-12-5-10(13-7-19-8-22-13)4-11(6-12)15(16,17)18/h4-9H,3H2,1-2H3,(H,20,21). The number of aromatic nitrogens is 1. The van der Waals surface area contributed by atoms with E-state index in [9.17, 15) is 18.0 Å². The molecule has 0 spiro atoms. The minimum Gasteiger partial charge on any atom is -0.444 e. The van der Waals surface area contributed by atoms with E-state index in [1.807, 2.05) is 13.8 Å². The summed E-state index contributed by atoms with van der Waals surface area (Å²) in [5.41, 5.74) is -0.583. The van der Waals surface area contributed by atoms with Crippen molar-refractivity contribution in [3.63, 3.8) is 0 Å². The van der Waals surface area contributed by atoms with Crippen molar-refractivity contribution in [1.82, 2.24) is 4.98 Å². The molecule has 0 aliphatic rings. The summed E-state index contributed by atoms with van der Waals surface area (Å²) in [5, 5.41) is 2.49. The summed E-state index contributed by atoms with van der Waals surface area (Å²) in [5.74, 6) is -0.0251. The Kier molecular flexibility index (Phi) is 4.54. The van der Waals surface area contributed by atoms with Crippen LogP contribution in [0.4, 0.5) is 18.9 Å². The second-order valence-electron chi connectivity index (χ2n) is 5.31. The van der Waals surface area contributed by atoms with Crippen LogP contribution < -0.4 is 5.32 Å². The van der Waals surface area contributed by atoms with E-state index in [2.05, 4.69) is 10.3 Å². The van der Waals surface area contributed by atoms with Crippen LogP contribution >= 0.6 is 0 Å². The number of anilines is 1. The molecule has 1 heterocycles. The lowest BCUT2D eigenvalue weighted by Gasteiger charge is -2.13. The second-order valence-corrected chi connectivity index (χ2v) is 5.31. The Morgan fingerprint density at radius 1 is 1.32 bits per heavy atom. The number of alkyl halides is 3. The van der Waals surface area contributed by atoms with Gasteiger partial charge in [0.05, 0.1) is 11.8 Å². The Morgan fingerprint density at radius 3 is 2.59 bits per heavy atom. The minimum absolute atomic E-state index is 0.0758. The average molecular weight is 312 g/mol. The molecule has 1 N–H and O–H groups in total. The number of nitrogens with zero attached hydrogens (tertiary/aromatic N) is 1. The Balaban J connectivity index is 2.37. The van der Waals surface area contributed by atoms with Crippen molar-refractivity contribution in [2.45, 2.75) is 26.4 Å². The molecule has 1 amide bonds.